The van der Waals surface area contributed by atoms with Crippen LogP contribution in [0.5, 0.6) is 0 Å². The summed E-state index contributed by atoms with van der Waals surface area (Å²) >= 11 is 0. The molecule has 1 atom stereocenters. The second-order valence-corrected chi connectivity index (χ2v) is 4.61. The number of carboxylic acids is 1. The summed E-state index contributed by atoms with van der Waals surface area (Å²) in [4.78, 5) is 23.0. The lowest BCUT2D eigenvalue weighted by Gasteiger charge is -2.17. The fraction of sp³-hybridized carbons (Fsp3) is 0.267. The summed E-state index contributed by atoms with van der Waals surface area (Å²) in [7, 11) is 0. The first-order valence-electron chi connectivity index (χ1n) is 6.16. The first-order chi connectivity index (χ1) is 9.45. The highest BCUT2D eigenvalue weighted by Crippen LogP contribution is 2.08. The number of rotatable bonds is 5. The molecule has 2 N–H and O–H groups in total. The molecule has 0 saturated carbocycles. The van der Waals surface area contributed by atoms with Crippen molar-refractivity contribution in [2.24, 2.45) is 5.92 Å². The molecule has 0 aromatic heterocycles. The van der Waals surface area contributed by atoms with Gasteiger partial charge in [0.15, 0.2) is 0 Å². The van der Waals surface area contributed by atoms with E-state index < -0.39 is 17.9 Å². The number of carbonyl (C=O) groups excluding carboxylic acids is 1. The largest absolute Gasteiger partial charge is 0.480 e. The number of hydrogen-bond acceptors (Lipinski definition) is 3. The van der Waals surface area contributed by atoms with E-state index in [1.807, 2.05) is 6.07 Å². The van der Waals surface area contributed by atoms with Gasteiger partial charge in [-0.15, -0.1) is 0 Å². The molecule has 0 aliphatic rings. The van der Waals surface area contributed by atoms with Crippen LogP contribution in [0, 0.1) is 17.2 Å². The normalized spacial score (nSPS) is 12.6. The average Bonchev–Trinajstić information content (AvgIpc) is 2.42. The summed E-state index contributed by atoms with van der Waals surface area (Å²) in [5.74, 6) is -2.07. The van der Waals surface area contributed by atoms with Crippen LogP contribution in [-0.4, -0.2) is 23.0 Å². The van der Waals surface area contributed by atoms with Crippen molar-refractivity contribution < 1.29 is 14.7 Å². The Morgan fingerprint density at radius 3 is 2.35 bits per heavy atom. The van der Waals surface area contributed by atoms with Gasteiger partial charge in [-0.3, -0.25) is 4.79 Å². The molecule has 20 heavy (non-hydrogen) atoms. The maximum absolute atomic E-state index is 11.9. The zero-order valence-electron chi connectivity index (χ0n) is 11.3. The molecule has 0 bridgehead atoms. The summed E-state index contributed by atoms with van der Waals surface area (Å²) in [6, 6.07) is 9.67. The van der Waals surface area contributed by atoms with Crippen LogP contribution in [0.1, 0.15) is 19.4 Å². The van der Waals surface area contributed by atoms with E-state index in [9.17, 15) is 9.59 Å². The van der Waals surface area contributed by atoms with Crippen molar-refractivity contribution in [1.82, 2.24) is 5.32 Å². The summed E-state index contributed by atoms with van der Waals surface area (Å²) in [6.07, 6.45) is 1.43. The van der Waals surface area contributed by atoms with Gasteiger partial charge in [-0.05, 0) is 17.6 Å². The number of nitrogens with zero attached hydrogens (tertiary/aromatic N) is 1. The van der Waals surface area contributed by atoms with E-state index in [1.165, 1.54) is 6.08 Å². The topological polar surface area (TPSA) is 90.2 Å². The standard InChI is InChI=1S/C15H16N2O3/c1-10(2)13(15(19)20)17-14(18)12(9-16)8-11-6-4-3-5-7-11/h3-8,10,13H,1-2H3,(H,17,18)(H,19,20). The van der Waals surface area contributed by atoms with Gasteiger partial charge < -0.3 is 10.4 Å². The Hall–Kier alpha value is -2.61. The minimum Gasteiger partial charge on any atom is -0.480 e. The molecule has 0 heterocycles. The van der Waals surface area contributed by atoms with Crippen LogP contribution in [0.2, 0.25) is 0 Å². The number of carboxylic acid groups (broad SMARTS) is 1. The number of hydrogen-bond donors (Lipinski definition) is 2. The van der Waals surface area contributed by atoms with Gasteiger partial charge in [-0.2, -0.15) is 5.26 Å². The molecule has 1 unspecified atom stereocenters. The third-order valence-corrected chi connectivity index (χ3v) is 2.69. The monoisotopic (exact) mass is 272 g/mol. The Morgan fingerprint density at radius 2 is 1.90 bits per heavy atom. The Bertz CT molecular complexity index is 556. The molecule has 0 aliphatic carbocycles. The van der Waals surface area contributed by atoms with Crippen molar-refractivity contribution in [2.45, 2.75) is 19.9 Å². The van der Waals surface area contributed by atoms with Crippen LogP contribution in [0.3, 0.4) is 0 Å². The predicted octanol–water partition coefficient (Wildman–Crippen LogP) is 1.82. The van der Waals surface area contributed by atoms with Crippen LogP contribution in [0.4, 0.5) is 0 Å². The van der Waals surface area contributed by atoms with Crippen LogP contribution in [0.25, 0.3) is 6.08 Å². The van der Waals surface area contributed by atoms with E-state index in [1.54, 1.807) is 44.2 Å². The molecular weight excluding hydrogens is 256 g/mol. The fourth-order valence-corrected chi connectivity index (χ4v) is 1.60. The number of carbonyl (C=O) groups is 2. The van der Waals surface area contributed by atoms with Crippen molar-refractivity contribution in [1.29, 1.82) is 5.26 Å². The lowest BCUT2D eigenvalue weighted by atomic mass is 10.0. The van der Waals surface area contributed by atoms with Gasteiger partial charge in [0.25, 0.3) is 5.91 Å². The molecule has 0 aliphatic heterocycles. The fourth-order valence-electron chi connectivity index (χ4n) is 1.60. The van der Waals surface area contributed by atoms with Crippen molar-refractivity contribution in [2.75, 3.05) is 0 Å². The van der Waals surface area contributed by atoms with Crippen LogP contribution >= 0.6 is 0 Å². The minimum atomic E-state index is -1.12. The molecule has 0 fully saturated rings. The van der Waals surface area contributed by atoms with Crippen LogP contribution < -0.4 is 5.32 Å². The van der Waals surface area contributed by atoms with Gasteiger partial charge in [0.2, 0.25) is 0 Å². The zero-order valence-corrected chi connectivity index (χ0v) is 11.3. The summed E-state index contributed by atoms with van der Waals surface area (Å²) in [6.45, 7) is 3.37. The number of aliphatic carboxylic acids is 1. The molecule has 0 saturated heterocycles. The maximum atomic E-state index is 11.9. The summed E-state index contributed by atoms with van der Waals surface area (Å²) in [5.41, 5.74) is 0.582. The van der Waals surface area contributed by atoms with E-state index in [-0.39, 0.29) is 11.5 Å². The Balaban J connectivity index is 2.91. The molecule has 1 amide bonds. The molecule has 104 valence electrons. The lowest BCUT2D eigenvalue weighted by Crippen LogP contribution is -2.44. The van der Waals surface area contributed by atoms with Gasteiger partial charge in [0.1, 0.15) is 17.7 Å². The maximum Gasteiger partial charge on any atom is 0.326 e. The molecule has 0 radical (unpaired) electrons. The number of amides is 1. The highest BCUT2D eigenvalue weighted by atomic mass is 16.4. The molecule has 1 aromatic rings. The molecule has 0 spiro atoms. The number of benzene rings is 1. The van der Waals surface area contributed by atoms with Crippen molar-refractivity contribution in [3.63, 3.8) is 0 Å². The zero-order chi connectivity index (χ0) is 15.1. The van der Waals surface area contributed by atoms with Crippen LogP contribution in [0.15, 0.2) is 35.9 Å². The van der Waals surface area contributed by atoms with Crippen molar-refractivity contribution >= 4 is 18.0 Å². The Kier molecular flexibility index (Phi) is 5.48. The second kappa shape index (κ2) is 7.10. The molecule has 5 heteroatoms. The summed E-state index contributed by atoms with van der Waals surface area (Å²) < 4.78 is 0. The molecule has 5 nitrogen and oxygen atoms in total. The Morgan fingerprint density at radius 1 is 1.30 bits per heavy atom. The highest BCUT2D eigenvalue weighted by Gasteiger charge is 2.24. The van der Waals surface area contributed by atoms with Crippen LogP contribution in [-0.2, 0) is 9.59 Å². The van der Waals surface area contributed by atoms with E-state index in [2.05, 4.69) is 5.32 Å². The van der Waals surface area contributed by atoms with E-state index >= 15 is 0 Å². The van der Waals surface area contributed by atoms with Crippen molar-refractivity contribution in [3.8, 4) is 6.07 Å². The predicted molar refractivity (Wildman–Crippen MR) is 74.4 cm³/mol. The van der Waals surface area contributed by atoms with E-state index in [4.69, 9.17) is 10.4 Å². The van der Waals surface area contributed by atoms with Gasteiger partial charge in [0, 0.05) is 0 Å². The lowest BCUT2D eigenvalue weighted by molar-refractivity contribution is -0.142. The van der Waals surface area contributed by atoms with Gasteiger partial charge in [-0.1, -0.05) is 44.2 Å². The van der Waals surface area contributed by atoms with Gasteiger partial charge in [0.05, 0.1) is 0 Å². The third-order valence-electron chi connectivity index (χ3n) is 2.69. The smallest absolute Gasteiger partial charge is 0.326 e. The number of nitrogens with one attached hydrogen (secondary N) is 1. The first-order valence-corrected chi connectivity index (χ1v) is 6.16. The summed E-state index contributed by atoms with van der Waals surface area (Å²) in [5, 5.41) is 20.4. The van der Waals surface area contributed by atoms with E-state index in [0.29, 0.717) is 5.56 Å². The van der Waals surface area contributed by atoms with Gasteiger partial charge >= 0.3 is 5.97 Å². The molecule has 1 aromatic carbocycles. The average molecular weight is 272 g/mol. The first kappa shape index (κ1) is 15.4. The third kappa shape index (κ3) is 4.25. The second-order valence-electron chi connectivity index (χ2n) is 4.61. The Labute approximate surface area is 117 Å². The van der Waals surface area contributed by atoms with E-state index in [0.717, 1.165) is 0 Å². The number of nitriles is 1. The highest BCUT2D eigenvalue weighted by molar-refractivity contribution is 6.03. The van der Waals surface area contributed by atoms with Crippen molar-refractivity contribution in [3.05, 3.63) is 41.5 Å². The quantitative estimate of drug-likeness (QED) is 0.632. The SMILES string of the molecule is CC(C)C(NC(=O)C(C#N)=Cc1ccccc1)C(=O)O. The molecular formula is C15H16N2O3. The molecule has 1 rings (SSSR count). The van der Waals surface area contributed by atoms with Gasteiger partial charge in [-0.25, -0.2) is 4.79 Å². The minimum absolute atomic E-state index is 0.122.